The number of benzene rings is 1. The Bertz CT molecular complexity index is 758. The summed E-state index contributed by atoms with van der Waals surface area (Å²) in [5, 5.41) is 14.5. The number of hydrogen-bond acceptors (Lipinski definition) is 4. The fourth-order valence-corrected chi connectivity index (χ4v) is 1.69. The lowest BCUT2D eigenvalue weighted by Crippen LogP contribution is -2.11. The molecule has 0 atom stereocenters. The smallest absolute Gasteiger partial charge is 0.316 e. The van der Waals surface area contributed by atoms with E-state index in [1.165, 1.54) is 0 Å². The van der Waals surface area contributed by atoms with Gasteiger partial charge in [-0.15, -0.1) is 0 Å². The Morgan fingerprint density at radius 3 is 2.83 bits per heavy atom. The van der Waals surface area contributed by atoms with E-state index >= 15 is 0 Å². The molecule has 0 aliphatic rings. The molecule has 0 spiro atoms. The Labute approximate surface area is 99.6 Å². The minimum Gasteiger partial charge on any atom is -0.316 e. The lowest BCUT2D eigenvalue weighted by atomic mass is 10.1. The molecule has 0 amide bonds. The van der Waals surface area contributed by atoms with Crippen molar-refractivity contribution < 1.29 is 4.92 Å². The van der Waals surface area contributed by atoms with E-state index in [0.717, 1.165) is 5.56 Å². The van der Waals surface area contributed by atoms with Gasteiger partial charge in [-0.3, -0.25) is 14.9 Å². The summed E-state index contributed by atoms with van der Waals surface area (Å²) in [6, 6.07) is 4.96. The van der Waals surface area contributed by atoms with Crippen LogP contribution in [0.15, 0.2) is 28.1 Å². The van der Waals surface area contributed by atoms with Crippen molar-refractivity contribution in [2.45, 2.75) is 6.92 Å². The zero-order chi connectivity index (χ0) is 13.3. The maximum Gasteiger partial charge on any atom is 0.344 e. The number of aromatic amines is 1. The van der Waals surface area contributed by atoms with Crippen LogP contribution in [0.5, 0.6) is 0 Å². The van der Waals surface area contributed by atoms with Gasteiger partial charge in [-0.05, 0) is 24.6 Å². The number of aryl methyl sites for hydroxylation is 1. The van der Waals surface area contributed by atoms with Gasteiger partial charge in [0.25, 0.3) is 0 Å². The van der Waals surface area contributed by atoms with Gasteiger partial charge >= 0.3 is 11.2 Å². The zero-order valence-electron chi connectivity index (χ0n) is 9.25. The molecule has 90 valence electrons. The summed E-state index contributed by atoms with van der Waals surface area (Å²) in [4.78, 5) is 26.5. The van der Waals surface area contributed by atoms with Crippen LogP contribution in [0.2, 0.25) is 0 Å². The summed E-state index contributed by atoms with van der Waals surface area (Å²) in [6.45, 7) is 1.79. The van der Waals surface area contributed by atoms with Crippen LogP contribution in [0, 0.1) is 17.0 Å². The van der Waals surface area contributed by atoms with Crippen LogP contribution in [0.3, 0.4) is 0 Å². The average molecular weight is 245 g/mol. The highest BCUT2D eigenvalue weighted by molar-refractivity contribution is 5.94. The van der Waals surface area contributed by atoms with Gasteiger partial charge in [-0.1, -0.05) is 16.7 Å². The summed E-state index contributed by atoms with van der Waals surface area (Å²) in [5.41, 5.74) is 7.79. The van der Waals surface area contributed by atoms with Crippen LogP contribution in [0.25, 0.3) is 21.3 Å². The quantitative estimate of drug-likeness (QED) is 0.287. The van der Waals surface area contributed by atoms with Crippen molar-refractivity contribution in [3.8, 4) is 0 Å². The van der Waals surface area contributed by atoms with Crippen molar-refractivity contribution in [1.29, 1.82) is 0 Å². The molecule has 0 bridgehead atoms. The summed E-state index contributed by atoms with van der Waals surface area (Å²) in [5.74, 6) is 0. The topological polar surface area (TPSA) is 125 Å². The first kappa shape index (κ1) is 11.6. The minimum atomic E-state index is -0.890. The van der Waals surface area contributed by atoms with Gasteiger partial charge in [0.15, 0.2) is 0 Å². The predicted molar refractivity (Wildman–Crippen MR) is 64.8 cm³/mol. The molecule has 0 aliphatic heterocycles. The fourth-order valence-electron chi connectivity index (χ4n) is 1.69. The van der Waals surface area contributed by atoms with Crippen LogP contribution < -0.4 is 5.56 Å². The number of pyridine rings is 1. The van der Waals surface area contributed by atoms with E-state index in [1.807, 2.05) is 0 Å². The first-order valence-electron chi connectivity index (χ1n) is 4.90. The van der Waals surface area contributed by atoms with E-state index < -0.39 is 16.2 Å². The first-order chi connectivity index (χ1) is 8.54. The Morgan fingerprint density at radius 1 is 1.50 bits per heavy atom. The first-order valence-corrected chi connectivity index (χ1v) is 4.90. The zero-order valence-corrected chi connectivity index (χ0v) is 9.25. The summed E-state index contributed by atoms with van der Waals surface area (Å²) >= 11 is 0. The summed E-state index contributed by atoms with van der Waals surface area (Å²) in [7, 11) is 0. The maximum atomic E-state index is 11.6. The summed E-state index contributed by atoms with van der Waals surface area (Å²) in [6.07, 6.45) is 0. The molecule has 8 heteroatoms. The molecule has 18 heavy (non-hydrogen) atoms. The molecule has 0 radical (unpaired) electrons. The van der Waals surface area contributed by atoms with Crippen LogP contribution in [0.4, 0.5) is 11.4 Å². The molecule has 2 aromatic rings. The minimum absolute atomic E-state index is 0.259. The van der Waals surface area contributed by atoms with Gasteiger partial charge < -0.3 is 4.98 Å². The molecule has 1 aromatic heterocycles. The van der Waals surface area contributed by atoms with Crippen LogP contribution in [-0.2, 0) is 0 Å². The Hall–Kier alpha value is -2.86. The van der Waals surface area contributed by atoms with Gasteiger partial charge in [-0.25, -0.2) is 0 Å². The Kier molecular flexibility index (Phi) is 2.70. The third kappa shape index (κ3) is 1.76. The predicted octanol–water partition coefficient (Wildman–Crippen LogP) is 2.69. The number of hydrogen-bond donors (Lipinski definition) is 1. The molecular weight excluding hydrogens is 238 g/mol. The molecule has 0 fully saturated rings. The number of azide groups is 1. The Morgan fingerprint density at radius 2 is 2.22 bits per heavy atom. The number of nitro groups is 1. The van der Waals surface area contributed by atoms with Crippen LogP contribution in [0.1, 0.15) is 5.56 Å². The van der Waals surface area contributed by atoms with Gasteiger partial charge in [0, 0.05) is 15.8 Å². The van der Waals surface area contributed by atoms with E-state index in [4.69, 9.17) is 5.53 Å². The van der Waals surface area contributed by atoms with Crippen molar-refractivity contribution >= 4 is 22.3 Å². The van der Waals surface area contributed by atoms with E-state index in [-0.39, 0.29) is 5.69 Å². The van der Waals surface area contributed by atoms with Crippen molar-refractivity contribution in [1.82, 2.24) is 4.98 Å². The van der Waals surface area contributed by atoms with Gasteiger partial charge in [0.2, 0.25) is 0 Å². The molecule has 1 N–H and O–H groups in total. The van der Waals surface area contributed by atoms with Gasteiger partial charge in [-0.2, -0.15) is 0 Å². The van der Waals surface area contributed by atoms with Crippen LogP contribution >= 0.6 is 0 Å². The lowest BCUT2D eigenvalue weighted by molar-refractivity contribution is -0.385. The van der Waals surface area contributed by atoms with Crippen molar-refractivity contribution in [2.24, 2.45) is 5.11 Å². The second kappa shape index (κ2) is 4.19. The number of rotatable bonds is 2. The van der Waals surface area contributed by atoms with Crippen LogP contribution in [-0.4, -0.2) is 9.91 Å². The average Bonchev–Trinajstić information content (AvgIpc) is 2.30. The number of fused-ring (bicyclic) bond motifs is 1. The third-order valence-electron chi connectivity index (χ3n) is 2.45. The second-order valence-electron chi connectivity index (χ2n) is 3.65. The molecule has 1 heterocycles. The second-order valence-corrected chi connectivity index (χ2v) is 3.65. The van der Waals surface area contributed by atoms with E-state index in [2.05, 4.69) is 15.0 Å². The van der Waals surface area contributed by atoms with E-state index in [9.17, 15) is 14.9 Å². The number of nitrogens with zero attached hydrogens (tertiary/aromatic N) is 4. The number of nitrogens with one attached hydrogen (secondary N) is 1. The van der Waals surface area contributed by atoms with E-state index in [0.29, 0.717) is 10.9 Å². The van der Waals surface area contributed by atoms with Crippen molar-refractivity contribution in [2.75, 3.05) is 0 Å². The highest BCUT2D eigenvalue weighted by Gasteiger charge is 2.21. The highest BCUT2D eigenvalue weighted by Crippen LogP contribution is 2.32. The van der Waals surface area contributed by atoms with Crippen molar-refractivity contribution in [3.05, 3.63) is 54.7 Å². The fraction of sp³-hybridized carbons (Fsp3) is 0.100. The van der Waals surface area contributed by atoms with E-state index in [1.54, 1.807) is 25.1 Å². The third-order valence-corrected chi connectivity index (χ3v) is 2.45. The SMILES string of the molecule is Cc1ccc2[nH]c(=O)c([N+](=O)[O-])c(N=[N+]=[N-])c2c1. The highest BCUT2D eigenvalue weighted by atomic mass is 16.6. The van der Waals surface area contributed by atoms with Gasteiger partial charge in [0.05, 0.1) is 4.92 Å². The molecule has 0 saturated carbocycles. The Balaban J connectivity index is 3.05. The van der Waals surface area contributed by atoms with Crippen molar-refractivity contribution in [3.63, 3.8) is 0 Å². The monoisotopic (exact) mass is 245 g/mol. The lowest BCUT2D eigenvalue weighted by Gasteiger charge is -2.03. The number of H-pyrrole nitrogens is 1. The largest absolute Gasteiger partial charge is 0.344 e. The molecular formula is C10H7N5O3. The molecule has 0 saturated heterocycles. The number of aromatic nitrogens is 1. The van der Waals surface area contributed by atoms with Gasteiger partial charge in [0.1, 0.15) is 5.69 Å². The molecule has 0 unspecified atom stereocenters. The molecule has 8 nitrogen and oxygen atoms in total. The molecule has 0 aliphatic carbocycles. The molecule has 1 aromatic carbocycles. The summed E-state index contributed by atoms with van der Waals surface area (Å²) < 4.78 is 0. The standard InChI is InChI=1S/C10H7N5O3/c1-5-2-3-7-6(4-5)8(13-14-11)9(15(17)18)10(16)12-7/h2-4H,1H3,(H,12,16). The molecule has 2 rings (SSSR count). The normalized spacial score (nSPS) is 10.1. The maximum absolute atomic E-state index is 11.6.